The van der Waals surface area contributed by atoms with Crippen molar-refractivity contribution in [2.45, 2.75) is 6.54 Å². The van der Waals surface area contributed by atoms with E-state index in [4.69, 9.17) is 14.4 Å². The number of carbonyl (C=O) groups is 1. The fraction of sp³-hybridized carbons (Fsp3) is 0.0833. The highest BCUT2D eigenvalue weighted by Gasteiger charge is 2.14. The van der Waals surface area contributed by atoms with E-state index in [1.54, 1.807) is 66.9 Å². The number of ether oxygens (including phenoxy) is 1. The van der Waals surface area contributed by atoms with Crippen molar-refractivity contribution in [1.29, 1.82) is 5.26 Å². The van der Waals surface area contributed by atoms with Crippen LogP contribution >= 0.6 is 0 Å². The maximum atomic E-state index is 12.9. The Labute approximate surface area is 183 Å². The van der Waals surface area contributed by atoms with Crippen LogP contribution in [0.3, 0.4) is 0 Å². The minimum atomic E-state index is -0.659. The molecule has 0 atom stereocenters. The van der Waals surface area contributed by atoms with Crippen LogP contribution in [0.4, 0.5) is 11.4 Å². The lowest BCUT2D eigenvalue weighted by Crippen LogP contribution is -2.19. The lowest BCUT2D eigenvalue weighted by atomic mass is 10.1. The quantitative estimate of drug-likeness (QED) is 0.449. The minimum absolute atomic E-state index is 0.0405. The normalized spacial score (nSPS) is 10.4. The first kappa shape index (κ1) is 20.6. The van der Waals surface area contributed by atoms with Gasteiger partial charge >= 0.3 is 5.63 Å². The standard InChI is InChI=1S/C24H18N4O4/c1-31-18-9-7-16-10-21(24(30)32-22(16)11-18)28-23(29)19-4-2-3-5-20(19)27-14-15-6-8-17(12-25)26-13-15/h2-11,13,27H,14H2,1H3,(H,28,29). The molecule has 8 nitrogen and oxygen atoms in total. The molecule has 2 aromatic carbocycles. The predicted octanol–water partition coefficient (Wildman–Crippen LogP) is 3.93. The van der Waals surface area contributed by atoms with Gasteiger partial charge in [0.25, 0.3) is 5.91 Å². The van der Waals surface area contributed by atoms with Gasteiger partial charge in [0, 0.05) is 29.9 Å². The molecule has 0 aliphatic rings. The van der Waals surface area contributed by atoms with Crippen LogP contribution < -0.4 is 21.0 Å². The van der Waals surface area contributed by atoms with Crippen LogP contribution in [0.1, 0.15) is 21.6 Å². The third kappa shape index (κ3) is 4.42. The Kier molecular flexibility index (Phi) is 5.81. The van der Waals surface area contributed by atoms with Crippen LogP contribution in [0.25, 0.3) is 11.0 Å². The monoisotopic (exact) mass is 426 g/mol. The molecule has 2 heterocycles. The van der Waals surface area contributed by atoms with Crippen molar-refractivity contribution >= 4 is 28.3 Å². The topological polar surface area (TPSA) is 117 Å². The van der Waals surface area contributed by atoms with Gasteiger partial charge in [-0.25, -0.2) is 9.78 Å². The molecule has 158 valence electrons. The molecule has 0 saturated carbocycles. The molecule has 0 saturated heterocycles. The van der Waals surface area contributed by atoms with Gasteiger partial charge in [0.05, 0.1) is 12.7 Å². The van der Waals surface area contributed by atoms with Gasteiger partial charge in [-0.15, -0.1) is 0 Å². The highest BCUT2D eigenvalue weighted by molar-refractivity contribution is 6.08. The van der Waals surface area contributed by atoms with Gasteiger partial charge in [-0.3, -0.25) is 4.79 Å². The third-order valence-corrected chi connectivity index (χ3v) is 4.79. The van der Waals surface area contributed by atoms with Crippen molar-refractivity contribution in [1.82, 2.24) is 4.98 Å². The van der Waals surface area contributed by atoms with Crippen molar-refractivity contribution in [3.05, 3.63) is 94.1 Å². The molecule has 4 rings (SSSR count). The predicted molar refractivity (Wildman–Crippen MR) is 120 cm³/mol. The fourth-order valence-electron chi connectivity index (χ4n) is 3.12. The molecule has 4 aromatic rings. The lowest BCUT2D eigenvalue weighted by molar-refractivity contribution is 0.102. The van der Waals surface area contributed by atoms with Gasteiger partial charge in [0.2, 0.25) is 0 Å². The number of aromatic nitrogens is 1. The van der Waals surface area contributed by atoms with Crippen molar-refractivity contribution < 1.29 is 13.9 Å². The van der Waals surface area contributed by atoms with Gasteiger partial charge in [-0.05, 0) is 42.0 Å². The summed E-state index contributed by atoms with van der Waals surface area (Å²) >= 11 is 0. The number of nitrogens with zero attached hydrogens (tertiary/aromatic N) is 2. The second-order valence-electron chi connectivity index (χ2n) is 6.87. The SMILES string of the molecule is COc1ccc2cc(NC(=O)c3ccccc3NCc3ccc(C#N)nc3)c(=O)oc2c1. The van der Waals surface area contributed by atoms with E-state index in [1.165, 1.54) is 7.11 Å². The Balaban J connectivity index is 1.54. The van der Waals surface area contributed by atoms with Crippen LogP contribution in [0.5, 0.6) is 5.75 Å². The van der Waals surface area contributed by atoms with Crippen LogP contribution in [0.2, 0.25) is 0 Å². The van der Waals surface area contributed by atoms with Gasteiger partial charge in [0.15, 0.2) is 0 Å². The molecule has 2 aromatic heterocycles. The summed E-state index contributed by atoms with van der Waals surface area (Å²) in [5, 5.41) is 15.3. The number of methoxy groups -OCH3 is 1. The maximum absolute atomic E-state index is 12.9. The molecular formula is C24H18N4O4. The van der Waals surface area contributed by atoms with E-state index in [0.717, 1.165) is 5.56 Å². The largest absolute Gasteiger partial charge is 0.497 e. The number of fused-ring (bicyclic) bond motifs is 1. The van der Waals surface area contributed by atoms with E-state index >= 15 is 0 Å². The molecule has 0 radical (unpaired) electrons. The average Bonchev–Trinajstić information content (AvgIpc) is 2.83. The smallest absolute Gasteiger partial charge is 0.360 e. The van der Waals surface area contributed by atoms with E-state index in [2.05, 4.69) is 15.6 Å². The summed E-state index contributed by atoms with van der Waals surface area (Å²) in [5.41, 5.74) is 1.89. The zero-order chi connectivity index (χ0) is 22.5. The number of carbonyl (C=O) groups excluding carboxylic acids is 1. The highest BCUT2D eigenvalue weighted by atomic mass is 16.5. The number of nitriles is 1. The van der Waals surface area contributed by atoms with E-state index < -0.39 is 11.5 Å². The van der Waals surface area contributed by atoms with Gasteiger partial charge < -0.3 is 19.8 Å². The molecule has 0 unspecified atom stereocenters. The van der Waals surface area contributed by atoms with Crippen molar-refractivity contribution in [2.75, 3.05) is 17.7 Å². The average molecular weight is 426 g/mol. The molecule has 0 aliphatic heterocycles. The zero-order valence-corrected chi connectivity index (χ0v) is 17.1. The summed E-state index contributed by atoms with van der Waals surface area (Å²) in [5.74, 6) is 0.112. The molecule has 32 heavy (non-hydrogen) atoms. The molecule has 0 spiro atoms. The second kappa shape index (κ2) is 9.02. The van der Waals surface area contributed by atoms with Gasteiger partial charge in [0.1, 0.15) is 28.8 Å². The van der Waals surface area contributed by atoms with E-state index in [-0.39, 0.29) is 5.69 Å². The second-order valence-corrected chi connectivity index (χ2v) is 6.87. The number of pyridine rings is 1. The number of amides is 1. The van der Waals surface area contributed by atoms with Crippen molar-refractivity contribution in [2.24, 2.45) is 0 Å². The minimum Gasteiger partial charge on any atom is -0.497 e. The Morgan fingerprint density at radius 3 is 2.72 bits per heavy atom. The Morgan fingerprint density at radius 1 is 1.12 bits per heavy atom. The highest BCUT2D eigenvalue weighted by Crippen LogP contribution is 2.23. The van der Waals surface area contributed by atoms with E-state index in [0.29, 0.717) is 40.2 Å². The summed E-state index contributed by atoms with van der Waals surface area (Å²) in [6, 6.07) is 19.0. The number of benzene rings is 2. The first-order valence-corrected chi connectivity index (χ1v) is 9.68. The summed E-state index contributed by atoms with van der Waals surface area (Å²) in [6.07, 6.45) is 1.60. The van der Waals surface area contributed by atoms with Crippen molar-refractivity contribution in [3.8, 4) is 11.8 Å². The van der Waals surface area contributed by atoms with E-state index in [1.807, 2.05) is 6.07 Å². The third-order valence-electron chi connectivity index (χ3n) is 4.79. The summed E-state index contributed by atoms with van der Waals surface area (Å²) < 4.78 is 10.5. The van der Waals surface area contributed by atoms with Gasteiger partial charge in [-0.2, -0.15) is 5.26 Å². The molecule has 1 amide bonds. The Hall–Kier alpha value is -4.64. The number of nitrogens with one attached hydrogen (secondary N) is 2. The number of hydrogen-bond donors (Lipinski definition) is 2. The van der Waals surface area contributed by atoms with Crippen LogP contribution in [0, 0.1) is 11.3 Å². The summed E-state index contributed by atoms with van der Waals surface area (Å²) in [6.45, 7) is 0.406. The van der Waals surface area contributed by atoms with Crippen LogP contribution in [0.15, 0.2) is 76.1 Å². The van der Waals surface area contributed by atoms with Crippen LogP contribution in [-0.2, 0) is 6.54 Å². The van der Waals surface area contributed by atoms with Crippen molar-refractivity contribution in [3.63, 3.8) is 0 Å². The maximum Gasteiger partial charge on any atom is 0.360 e. The van der Waals surface area contributed by atoms with Gasteiger partial charge in [-0.1, -0.05) is 18.2 Å². The summed E-state index contributed by atoms with van der Waals surface area (Å²) in [7, 11) is 1.53. The number of para-hydroxylation sites is 1. The molecule has 8 heteroatoms. The molecule has 2 N–H and O–H groups in total. The number of rotatable bonds is 6. The molecular weight excluding hydrogens is 408 g/mol. The Bertz CT molecular complexity index is 1390. The summed E-state index contributed by atoms with van der Waals surface area (Å²) in [4.78, 5) is 29.3. The van der Waals surface area contributed by atoms with Crippen LogP contribution in [-0.4, -0.2) is 18.0 Å². The Morgan fingerprint density at radius 2 is 1.97 bits per heavy atom. The lowest BCUT2D eigenvalue weighted by Gasteiger charge is -2.12. The number of anilines is 2. The molecule has 0 aliphatic carbocycles. The molecule has 0 fully saturated rings. The fourth-order valence-corrected chi connectivity index (χ4v) is 3.12. The number of hydrogen-bond acceptors (Lipinski definition) is 7. The first-order chi connectivity index (χ1) is 15.6. The van der Waals surface area contributed by atoms with E-state index in [9.17, 15) is 9.59 Å². The zero-order valence-electron chi connectivity index (χ0n) is 17.1. The first-order valence-electron chi connectivity index (χ1n) is 9.68. The molecule has 0 bridgehead atoms.